The van der Waals surface area contributed by atoms with Crippen LogP contribution in [-0.2, 0) is 9.53 Å². The summed E-state index contributed by atoms with van der Waals surface area (Å²) in [4.78, 5) is 12.1. The Morgan fingerprint density at radius 3 is 2.83 bits per heavy atom. The summed E-state index contributed by atoms with van der Waals surface area (Å²) in [5.41, 5.74) is 1.03. The van der Waals surface area contributed by atoms with Crippen LogP contribution in [0.15, 0.2) is 24.3 Å². The monoisotopic (exact) mass is 268 g/mol. The lowest BCUT2D eigenvalue weighted by Crippen LogP contribution is -2.82. The van der Waals surface area contributed by atoms with Gasteiger partial charge in [-0.05, 0) is 19.9 Å². The molecule has 2 atom stereocenters. The topological polar surface area (TPSA) is 42.9 Å². The lowest BCUT2D eigenvalue weighted by Gasteiger charge is -2.18. The Balaban J connectivity index is 2.18. The molecule has 0 amide bonds. The molecular formula is C14H19ClNO2+. The van der Waals surface area contributed by atoms with Crippen LogP contribution in [0.2, 0.25) is 5.02 Å². The van der Waals surface area contributed by atoms with E-state index < -0.39 is 0 Å². The summed E-state index contributed by atoms with van der Waals surface area (Å²) >= 11 is 6.21. The Morgan fingerprint density at radius 2 is 2.17 bits per heavy atom. The van der Waals surface area contributed by atoms with Crippen LogP contribution in [0.25, 0.3) is 0 Å². The van der Waals surface area contributed by atoms with Crippen LogP contribution in [0.1, 0.15) is 31.9 Å². The first kappa shape index (κ1) is 13.4. The highest BCUT2D eigenvalue weighted by molar-refractivity contribution is 6.31. The van der Waals surface area contributed by atoms with Gasteiger partial charge in [-0.25, -0.2) is 0 Å². The molecule has 0 unspecified atom stereocenters. The van der Waals surface area contributed by atoms with E-state index in [0.29, 0.717) is 0 Å². The third-order valence-corrected chi connectivity index (χ3v) is 3.59. The standard InChI is InChI=1S/C14H18ClNO2/c1-9(2)18-14(17)11-7-8-16-13(11)10-5-3-4-6-12(10)15/h3-6,9,11,13,16H,7-8H2,1-2H3/p+1/t11-,13-/m0/s1. The summed E-state index contributed by atoms with van der Waals surface area (Å²) in [7, 11) is 0. The number of carbonyl (C=O) groups excluding carboxylic acids is 1. The normalized spacial score (nSPS) is 23.3. The van der Waals surface area contributed by atoms with Crippen LogP contribution in [0, 0.1) is 5.92 Å². The first-order chi connectivity index (χ1) is 8.59. The van der Waals surface area contributed by atoms with E-state index in [-0.39, 0.29) is 24.0 Å². The quantitative estimate of drug-likeness (QED) is 0.851. The molecule has 0 aliphatic carbocycles. The van der Waals surface area contributed by atoms with Crippen LogP contribution in [0.4, 0.5) is 0 Å². The largest absolute Gasteiger partial charge is 0.463 e. The number of benzene rings is 1. The Hall–Kier alpha value is -1.06. The maximum absolute atomic E-state index is 12.1. The van der Waals surface area contributed by atoms with Gasteiger partial charge in [-0.1, -0.05) is 29.8 Å². The van der Waals surface area contributed by atoms with Crippen molar-refractivity contribution in [2.24, 2.45) is 5.92 Å². The lowest BCUT2D eigenvalue weighted by molar-refractivity contribution is -0.678. The van der Waals surface area contributed by atoms with E-state index in [1.54, 1.807) is 0 Å². The number of ether oxygens (including phenoxy) is 1. The second-order valence-electron chi connectivity index (χ2n) is 4.95. The molecule has 2 N–H and O–H groups in total. The van der Waals surface area contributed by atoms with E-state index in [1.807, 2.05) is 38.1 Å². The summed E-state index contributed by atoms with van der Waals surface area (Å²) in [6.45, 7) is 4.69. The van der Waals surface area contributed by atoms with Crippen molar-refractivity contribution in [1.82, 2.24) is 0 Å². The van der Waals surface area contributed by atoms with E-state index in [4.69, 9.17) is 16.3 Å². The summed E-state index contributed by atoms with van der Waals surface area (Å²) < 4.78 is 5.32. The molecule has 3 nitrogen and oxygen atoms in total. The van der Waals surface area contributed by atoms with Crippen LogP contribution in [0.3, 0.4) is 0 Å². The number of nitrogens with two attached hydrogens (primary N) is 1. The maximum Gasteiger partial charge on any atom is 0.315 e. The number of halogens is 1. The Labute approximate surface area is 112 Å². The van der Waals surface area contributed by atoms with E-state index in [9.17, 15) is 4.79 Å². The van der Waals surface area contributed by atoms with Crippen molar-refractivity contribution in [3.63, 3.8) is 0 Å². The van der Waals surface area contributed by atoms with Crippen molar-refractivity contribution < 1.29 is 14.8 Å². The van der Waals surface area contributed by atoms with Crippen molar-refractivity contribution in [1.29, 1.82) is 0 Å². The van der Waals surface area contributed by atoms with Gasteiger partial charge in [0.15, 0.2) is 0 Å². The molecule has 4 heteroatoms. The average Bonchev–Trinajstić information content (AvgIpc) is 2.77. The highest BCUT2D eigenvalue weighted by Gasteiger charge is 2.39. The highest BCUT2D eigenvalue weighted by atomic mass is 35.5. The van der Waals surface area contributed by atoms with Crippen molar-refractivity contribution in [3.8, 4) is 0 Å². The number of carbonyl (C=O) groups is 1. The number of rotatable bonds is 3. The molecule has 0 aromatic heterocycles. The van der Waals surface area contributed by atoms with Gasteiger partial charge in [0.25, 0.3) is 0 Å². The smallest absolute Gasteiger partial charge is 0.315 e. The van der Waals surface area contributed by atoms with E-state index in [0.717, 1.165) is 23.6 Å². The van der Waals surface area contributed by atoms with Gasteiger partial charge in [0.1, 0.15) is 12.0 Å². The van der Waals surface area contributed by atoms with Crippen LogP contribution in [0.5, 0.6) is 0 Å². The number of hydrogen-bond donors (Lipinski definition) is 1. The van der Waals surface area contributed by atoms with Gasteiger partial charge in [0.05, 0.1) is 12.6 Å². The minimum absolute atomic E-state index is 0.0648. The average molecular weight is 269 g/mol. The van der Waals surface area contributed by atoms with Crippen molar-refractivity contribution in [3.05, 3.63) is 34.9 Å². The molecule has 1 heterocycles. The first-order valence-corrected chi connectivity index (χ1v) is 6.75. The van der Waals surface area contributed by atoms with Crippen molar-refractivity contribution in [2.75, 3.05) is 6.54 Å². The van der Waals surface area contributed by atoms with Gasteiger partial charge in [0, 0.05) is 17.0 Å². The van der Waals surface area contributed by atoms with Gasteiger partial charge >= 0.3 is 5.97 Å². The SMILES string of the molecule is CC(C)OC(=O)[C@H]1CC[NH2+][C@H]1c1ccccc1Cl. The molecule has 18 heavy (non-hydrogen) atoms. The summed E-state index contributed by atoms with van der Waals surface area (Å²) in [5.74, 6) is -0.198. The first-order valence-electron chi connectivity index (χ1n) is 6.38. The van der Waals surface area contributed by atoms with Gasteiger partial charge in [-0.15, -0.1) is 0 Å². The molecule has 2 rings (SSSR count). The zero-order chi connectivity index (χ0) is 13.1. The molecular weight excluding hydrogens is 250 g/mol. The molecule has 98 valence electrons. The zero-order valence-electron chi connectivity index (χ0n) is 10.7. The third-order valence-electron chi connectivity index (χ3n) is 3.25. The van der Waals surface area contributed by atoms with Crippen molar-refractivity contribution >= 4 is 17.6 Å². The molecule has 0 radical (unpaired) electrons. The fourth-order valence-corrected chi connectivity index (χ4v) is 2.73. The number of esters is 1. The van der Waals surface area contributed by atoms with Gasteiger partial charge in [-0.3, -0.25) is 4.79 Å². The van der Waals surface area contributed by atoms with E-state index in [2.05, 4.69) is 5.32 Å². The van der Waals surface area contributed by atoms with E-state index in [1.165, 1.54) is 0 Å². The molecule has 0 spiro atoms. The number of quaternary nitrogens is 1. The van der Waals surface area contributed by atoms with Crippen LogP contribution in [-0.4, -0.2) is 18.6 Å². The second-order valence-corrected chi connectivity index (χ2v) is 5.36. The predicted octanol–water partition coefficient (Wildman–Crippen LogP) is 1.92. The summed E-state index contributed by atoms with van der Waals surface area (Å²) in [5, 5.41) is 2.90. The molecule has 1 aromatic rings. The maximum atomic E-state index is 12.1. The second kappa shape index (κ2) is 5.72. The molecule has 1 saturated heterocycles. The summed E-state index contributed by atoms with van der Waals surface area (Å²) in [6, 6.07) is 7.81. The van der Waals surface area contributed by atoms with Gasteiger partial charge in [-0.2, -0.15) is 0 Å². The summed E-state index contributed by atoms with van der Waals surface area (Å²) in [6.07, 6.45) is 0.784. The molecule has 1 aromatic carbocycles. The molecule has 0 bridgehead atoms. The highest BCUT2D eigenvalue weighted by Crippen LogP contribution is 2.30. The predicted molar refractivity (Wildman–Crippen MR) is 70.3 cm³/mol. The molecule has 0 saturated carbocycles. The fourth-order valence-electron chi connectivity index (χ4n) is 2.47. The van der Waals surface area contributed by atoms with Gasteiger partial charge < -0.3 is 10.1 Å². The Morgan fingerprint density at radius 1 is 1.44 bits per heavy atom. The van der Waals surface area contributed by atoms with Crippen LogP contribution >= 0.6 is 11.6 Å². The third kappa shape index (κ3) is 2.85. The molecule has 1 fully saturated rings. The Bertz CT molecular complexity index is 434. The Kier molecular flexibility index (Phi) is 4.25. The molecule has 1 aliphatic heterocycles. The van der Waals surface area contributed by atoms with E-state index >= 15 is 0 Å². The van der Waals surface area contributed by atoms with Gasteiger partial charge in [0.2, 0.25) is 0 Å². The number of hydrogen-bond acceptors (Lipinski definition) is 2. The lowest BCUT2D eigenvalue weighted by atomic mass is 9.94. The minimum atomic E-state index is -0.108. The molecule has 1 aliphatic rings. The van der Waals surface area contributed by atoms with Crippen molar-refractivity contribution in [2.45, 2.75) is 32.4 Å². The fraction of sp³-hybridized carbons (Fsp3) is 0.500. The minimum Gasteiger partial charge on any atom is -0.463 e. The zero-order valence-corrected chi connectivity index (χ0v) is 11.5. The van der Waals surface area contributed by atoms with Crippen LogP contribution < -0.4 is 5.32 Å².